The second kappa shape index (κ2) is 57.4. The largest absolute Gasteiger partial charge is 0.394 e. The van der Waals surface area contributed by atoms with Gasteiger partial charge in [0.1, 0.15) is 6.10 Å². The van der Waals surface area contributed by atoms with Crippen LogP contribution in [0.1, 0.15) is 341 Å². The highest BCUT2D eigenvalue weighted by molar-refractivity contribution is 5.76. The van der Waals surface area contributed by atoms with Gasteiger partial charge in [-0.2, -0.15) is 0 Å². The molecule has 0 aromatic carbocycles. The summed E-state index contributed by atoms with van der Waals surface area (Å²) in [6.07, 6.45) is 73.7. The molecule has 0 fully saturated rings. The number of hydrogen-bond acceptors (Lipinski definition) is 4. The van der Waals surface area contributed by atoms with Gasteiger partial charge in [-0.1, -0.05) is 308 Å². The molecule has 1 amide bonds. The summed E-state index contributed by atoms with van der Waals surface area (Å²) >= 11 is 0. The number of unbranched alkanes of at least 4 members (excludes halogenated alkanes) is 45. The molecule has 0 aromatic rings. The van der Waals surface area contributed by atoms with Crippen LogP contribution in [0.25, 0.3) is 0 Å². The van der Waals surface area contributed by atoms with Crippen LogP contribution in [-0.4, -0.2) is 46.1 Å². The number of hydrogen-bond donors (Lipinski definition) is 4. The lowest BCUT2D eigenvalue weighted by Crippen LogP contribution is -2.50. The number of allylic oxidation sites excluding steroid dienone is 4. The topological polar surface area (TPSA) is 89.8 Å². The van der Waals surface area contributed by atoms with E-state index in [1.165, 1.54) is 270 Å². The number of amides is 1. The van der Waals surface area contributed by atoms with Crippen molar-refractivity contribution < 1.29 is 20.1 Å². The lowest BCUT2D eigenvalue weighted by Gasteiger charge is -2.26. The van der Waals surface area contributed by atoms with Crippen LogP contribution in [0.15, 0.2) is 24.3 Å². The standard InChI is InChI=1S/C62H121NO4/c1-3-5-7-9-11-13-15-17-19-21-23-24-25-26-27-28-29-30-31-32-33-34-35-36-37-38-39-41-43-45-47-49-51-53-55-57-61(66)63-59(58-64)62(67)60(65)56-54-52-50-48-46-44-42-40-22-20-18-16-14-12-10-8-6-4-2/h40,42,48,50,59-60,62,64-65,67H,3-39,41,43-47,49,51-58H2,1-2H3,(H,63,66)/b42-40+,50-48+. The molecule has 4 N–H and O–H groups in total. The summed E-state index contributed by atoms with van der Waals surface area (Å²) in [5.74, 6) is -0.151. The van der Waals surface area contributed by atoms with Gasteiger partial charge in [-0.05, 0) is 51.4 Å². The van der Waals surface area contributed by atoms with Crippen molar-refractivity contribution >= 4 is 5.91 Å². The molecule has 0 radical (unpaired) electrons. The predicted octanol–water partition coefficient (Wildman–Crippen LogP) is 19.2. The number of nitrogens with one attached hydrogen (secondary N) is 1. The van der Waals surface area contributed by atoms with Crippen LogP contribution in [-0.2, 0) is 4.79 Å². The van der Waals surface area contributed by atoms with Crippen molar-refractivity contribution in [2.45, 2.75) is 360 Å². The Balaban J connectivity index is 3.47. The van der Waals surface area contributed by atoms with E-state index >= 15 is 0 Å². The highest BCUT2D eigenvalue weighted by Gasteiger charge is 2.26. The van der Waals surface area contributed by atoms with E-state index in [2.05, 4.69) is 43.5 Å². The molecule has 0 rings (SSSR count). The Morgan fingerprint density at radius 3 is 0.910 bits per heavy atom. The number of rotatable bonds is 57. The molecule has 0 bridgehead atoms. The Morgan fingerprint density at radius 1 is 0.358 bits per heavy atom. The van der Waals surface area contributed by atoms with Gasteiger partial charge in [-0.15, -0.1) is 0 Å². The third-order valence-corrected chi connectivity index (χ3v) is 14.5. The second-order valence-electron chi connectivity index (χ2n) is 21.3. The summed E-state index contributed by atoms with van der Waals surface area (Å²) in [6, 6.07) is -0.830. The molecule has 0 saturated carbocycles. The van der Waals surface area contributed by atoms with Crippen LogP contribution in [0, 0.1) is 0 Å². The van der Waals surface area contributed by atoms with E-state index in [0.717, 1.165) is 44.9 Å². The first-order valence-electron chi connectivity index (χ1n) is 30.6. The number of carbonyl (C=O) groups excluding carboxylic acids is 1. The molecule has 5 nitrogen and oxygen atoms in total. The zero-order valence-corrected chi connectivity index (χ0v) is 45.6. The molecule has 0 aliphatic heterocycles. The lowest BCUT2D eigenvalue weighted by atomic mass is 10.0. The molecule has 0 heterocycles. The van der Waals surface area contributed by atoms with Gasteiger partial charge in [0.2, 0.25) is 5.91 Å². The number of aliphatic hydroxyl groups excluding tert-OH is 3. The van der Waals surface area contributed by atoms with Crippen LogP contribution in [0.3, 0.4) is 0 Å². The van der Waals surface area contributed by atoms with Gasteiger partial charge in [0.15, 0.2) is 0 Å². The lowest BCUT2D eigenvalue weighted by molar-refractivity contribution is -0.124. The van der Waals surface area contributed by atoms with Gasteiger partial charge in [0, 0.05) is 6.42 Å². The van der Waals surface area contributed by atoms with Crippen molar-refractivity contribution in [3.63, 3.8) is 0 Å². The first-order valence-corrected chi connectivity index (χ1v) is 30.6. The first-order chi connectivity index (χ1) is 33.1. The minimum absolute atomic E-state index is 0.151. The Hall–Kier alpha value is -1.17. The quantitative estimate of drug-likeness (QED) is 0.0361. The summed E-state index contributed by atoms with van der Waals surface area (Å²) in [4.78, 5) is 12.5. The fourth-order valence-corrected chi connectivity index (χ4v) is 9.83. The van der Waals surface area contributed by atoms with E-state index in [-0.39, 0.29) is 12.5 Å². The highest BCUT2D eigenvalue weighted by atomic mass is 16.3. The zero-order chi connectivity index (χ0) is 48.6. The fourth-order valence-electron chi connectivity index (χ4n) is 9.83. The van der Waals surface area contributed by atoms with Gasteiger partial charge in [0.25, 0.3) is 0 Å². The second-order valence-corrected chi connectivity index (χ2v) is 21.3. The minimum Gasteiger partial charge on any atom is -0.394 e. The number of carbonyl (C=O) groups is 1. The van der Waals surface area contributed by atoms with Gasteiger partial charge >= 0.3 is 0 Å². The van der Waals surface area contributed by atoms with Crippen LogP contribution >= 0.6 is 0 Å². The van der Waals surface area contributed by atoms with Gasteiger partial charge in [-0.25, -0.2) is 0 Å². The molecular formula is C62H121NO4. The summed E-state index contributed by atoms with van der Waals surface area (Å²) in [6.45, 7) is 4.20. The maximum atomic E-state index is 12.5. The van der Waals surface area contributed by atoms with Gasteiger partial charge in [-0.3, -0.25) is 4.79 Å². The normalized spacial score (nSPS) is 13.3. The van der Waals surface area contributed by atoms with E-state index in [1.54, 1.807) is 0 Å². The highest BCUT2D eigenvalue weighted by Crippen LogP contribution is 2.18. The average Bonchev–Trinajstić information content (AvgIpc) is 3.33. The Morgan fingerprint density at radius 2 is 0.612 bits per heavy atom. The Bertz CT molecular complexity index is 998. The van der Waals surface area contributed by atoms with E-state index < -0.39 is 18.2 Å². The molecule has 3 unspecified atom stereocenters. The van der Waals surface area contributed by atoms with Crippen LogP contribution in [0.5, 0.6) is 0 Å². The molecule has 0 aliphatic rings. The van der Waals surface area contributed by atoms with Crippen molar-refractivity contribution in [3.8, 4) is 0 Å². The van der Waals surface area contributed by atoms with Crippen LogP contribution in [0.2, 0.25) is 0 Å². The molecule has 0 aliphatic carbocycles. The molecular weight excluding hydrogens is 823 g/mol. The molecule has 67 heavy (non-hydrogen) atoms. The molecule has 3 atom stereocenters. The maximum Gasteiger partial charge on any atom is 0.220 e. The molecule has 5 heteroatoms. The summed E-state index contributed by atoms with van der Waals surface area (Å²) in [5, 5.41) is 33.7. The van der Waals surface area contributed by atoms with Crippen molar-refractivity contribution in [1.29, 1.82) is 0 Å². The monoisotopic (exact) mass is 944 g/mol. The Labute approximate surface area is 420 Å². The SMILES string of the molecule is CCCCCCCCCCC/C=C/CC/C=C/CCCC(O)C(O)C(CO)NC(=O)CCCCCCCCCCCCCCCCCCCCCCCCCCCCCCCCCCCCC. The average molecular weight is 945 g/mol. The van der Waals surface area contributed by atoms with E-state index in [4.69, 9.17) is 0 Å². The summed E-state index contributed by atoms with van der Waals surface area (Å²) in [5.41, 5.74) is 0. The maximum absolute atomic E-state index is 12.5. The Kier molecular flexibility index (Phi) is 56.4. The van der Waals surface area contributed by atoms with Crippen molar-refractivity contribution in [2.24, 2.45) is 0 Å². The summed E-state index contributed by atoms with van der Waals surface area (Å²) in [7, 11) is 0. The smallest absolute Gasteiger partial charge is 0.220 e. The van der Waals surface area contributed by atoms with Crippen molar-refractivity contribution in [1.82, 2.24) is 5.32 Å². The van der Waals surface area contributed by atoms with E-state index in [0.29, 0.717) is 12.8 Å². The predicted molar refractivity (Wildman–Crippen MR) is 296 cm³/mol. The minimum atomic E-state index is -1.17. The third kappa shape index (κ3) is 52.5. The zero-order valence-electron chi connectivity index (χ0n) is 45.6. The number of aliphatic hydroxyl groups is 3. The molecule has 398 valence electrons. The van der Waals surface area contributed by atoms with Crippen LogP contribution < -0.4 is 5.32 Å². The van der Waals surface area contributed by atoms with E-state index in [9.17, 15) is 20.1 Å². The molecule has 0 aromatic heterocycles. The van der Waals surface area contributed by atoms with Gasteiger partial charge < -0.3 is 20.6 Å². The molecule has 0 spiro atoms. The fraction of sp³-hybridized carbons (Fsp3) is 0.919. The third-order valence-electron chi connectivity index (χ3n) is 14.5. The van der Waals surface area contributed by atoms with Crippen molar-refractivity contribution in [2.75, 3.05) is 6.61 Å². The van der Waals surface area contributed by atoms with Crippen molar-refractivity contribution in [3.05, 3.63) is 24.3 Å². The molecule has 0 saturated heterocycles. The summed E-state index contributed by atoms with van der Waals surface area (Å²) < 4.78 is 0. The van der Waals surface area contributed by atoms with Crippen LogP contribution in [0.4, 0.5) is 0 Å². The van der Waals surface area contributed by atoms with E-state index in [1.807, 2.05) is 0 Å². The first kappa shape index (κ1) is 65.8. The van der Waals surface area contributed by atoms with Gasteiger partial charge in [0.05, 0.1) is 18.8 Å².